The van der Waals surface area contributed by atoms with E-state index in [0.29, 0.717) is 23.0 Å². The van der Waals surface area contributed by atoms with Crippen molar-refractivity contribution in [2.45, 2.75) is 19.0 Å². The topological polar surface area (TPSA) is 42.2 Å². The van der Waals surface area contributed by atoms with Crippen molar-refractivity contribution in [3.8, 4) is 11.3 Å². The summed E-state index contributed by atoms with van der Waals surface area (Å²) in [6.45, 7) is 0. The van der Waals surface area contributed by atoms with E-state index in [1.807, 2.05) is 12.1 Å². The van der Waals surface area contributed by atoms with Crippen LogP contribution in [0.5, 0.6) is 0 Å². The molecule has 0 aliphatic carbocycles. The monoisotopic (exact) mass is 393 g/mol. The van der Waals surface area contributed by atoms with E-state index in [9.17, 15) is 18.0 Å². The Bertz CT molecular complexity index is 933. The lowest BCUT2D eigenvalue weighted by atomic mass is 10.2. The molecule has 3 rings (SSSR count). The van der Waals surface area contributed by atoms with Crippen molar-refractivity contribution in [3.05, 3.63) is 77.0 Å². The Hall–Kier alpha value is -2.73. The molecule has 0 radical (unpaired) electrons. The van der Waals surface area contributed by atoms with Crippen LogP contribution >= 0.6 is 11.6 Å². The Kier molecular flexibility index (Phi) is 5.56. The van der Waals surface area contributed by atoms with Crippen LogP contribution in [0.2, 0.25) is 5.02 Å². The van der Waals surface area contributed by atoms with Crippen LogP contribution in [0.25, 0.3) is 11.3 Å². The first-order valence-corrected chi connectivity index (χ1v) is 8.51. The standard InChI is InChI=1S/C20H15ClF3NO2/c21-15-6-4-13(5-7-15)18-10-8-17(27-18)9-11-19(26)25-16-3-1-2-14(12-16)20(22,23)24/h1-8,10,12H,9,11H2,(H,25,26). The SMILES string of the molecule is O=C(CCc1ccc(-c2ccc(Cl)cc2)o1)Nc1cccc(C(F)(F)F)c1. The van der Waals surface area contributed by atoms with Gasteiger partial charge in [0.15, 0.2) is 0 Å². The van der Waals surface area contributed by atoms with Gasteiger partial charge in [0, 0.05) is 29.1 Å². The van der Waals surface area contributed by atoms with Gasteiger partial charge in [-0.2, -0.15) is 13.2 Å². The van der Waals surface area contributed by atoms with Crippen molar-refractivity contribution in [2.75, 3.05) is 5.32 Å². The number of carbonyl (C=O) groups is 1. The Morgan fingerprint density at radius 3 is 2.48 bits per heavy atom. The number of furan rings is 1. The fourth-order valence-corrected chi connectivity index (χ4v) is 2.64. The molecule has 3 aromatic rings. The van der Waals surface area contributed by atoms with Crippen molar-refractivity contribution >= 4 is 23.2 Å². The van der Waals surface area contributed by atoms with E-state index < -0.39 is 17.6 Å². The highest BCUT2D eigenvalue weighted by Gasteiger charge is 2.30. The molecule has 0 saturated carbocycles. The molecule has 0 saturated heterocycles. The van der Waals surface area contributed by atoms with Crippen molar-refractivity contribution < 1.29 is 22.4 Å². The van der Waals surface area contributed by atoms with Gasteiger partial charge in [-0.25, -0.2) is 0 Å². The van der Waals surface area contributed by atoms with Gasteiger partial charge in [0.2, 0.25) is 5.91 Å². The highest BCUT2D eigenvalue weighted by Crippen LogP contribution is 2.30. The predicted octanol–water partition coefficient (Wildman–Crippen LogP) is 6.19. The molecule has 0 atom stereocenters. The van der Waals surface area contributed by atoms with Gasteiger partial charge in [-0.1, -0.05) is 17.7 Å². The molecular weight excluding hydrogens is 379 g/mol. The molecule has 1 N–H and O–H groups in total. The Morgan fingerprint density at radius 1 is 1.04 bits per heavy atom. The molecule has 0 spiro atoms. The lowest BCUT2D eigenvalue weighted by Gasteiger charge is -2.09. The minimum absolute atomic E-state index is 0.0871. The van der Waals surface area contributed by atoms with E-state index in [1.165, 1.54) is 12.1 Å². The minimum atomic E-state index is -4.45. The molecular formula is C20H15ClF3NO2. The smallest absolute Gasteiger partial charge is 0.416 e. The van der Waals surface area contributed by atoms with Gasteiger partial charge in [-0.05, 0) is 54.6 Å². The van der Waals surface area contributed by atoms with E-state index in [1.54, 1.807) is 24.3 Å². The maximum absolute atomic E-state index is 12.7. The van der Waals surface area contributed by atoms with E-state index >= 15 is 0 Å². The summed E-state index contributed by atoms with van der Waals surface area (Å²) in [5, 5.41) is 3.10. The largest absolute Gasteiger partial charge is 0.461 e. The molecule has 7 heteroatoms. The molecule has 1 heterocycles. The molecule has 0 fully saturated rings. The van der Waals surface area contributed by atoms with Crippen molar-refractivity contribution in [3.63, 3.8) is 0 Å². The van der Waals surface area contributed by atoms with E-state index in [-0.39, 0.29) is 12.1 Å². The number of halogens is 4. The number of benzene rings is 2. The molecule has 0 aliphatic heterocycles. The van der Waals surface area contributed by atoms with Gasteiger partial charge in [0.25, 0.3) is 0 Å². The minimum Gasteiger partial charge on any atom is -0.461 e. The molecule has 1 amide bonds. The molecule has 2 aromatic carbocycles. The van der Waals surface area contributed by atoms with Crippen LogP contribution in [0.3, 0.4) is 0 Å². The van der Waals surface area contributed by atoms with E-state index in [4.69, 9.17) is 16.0 Å². The number of rotatable bonds is 5. The third kappa shape index (κ3) is 5.14. The van der Waals surface area contributed by atoms with Gasteiger partial charge in [0.1, 0.15) is 11.5 Å². The van der Waals surface area contributed by atoms with Gasteiger partial charge < -0.3 is 9.73 Å². The second-order valence-corrected chi connectivity index (χ2v) is 6.34. The lowest BCUT2D eigenvalue weighted by molar-refractivity contribution is -0.137. The number of nitrogens with one attached hydrogen (secondary N) is 1. The van der Waals surface area contributed by atoms with E-state index in [0.717, 1.165) is 17.7 Å². The summed E-state index contributed by atoms with van der Waals surface area (Å²) in [4.78, 5) is 12.0. The van der Waals surface area contributed by atoms with E-state index in [2.05, 4.69) is 5.32 Å². The van der Waals surface area contributed by atoms with Crippen molar-refractivity contribution in [1.82, 2.24) is 0 Å². The van der Waals surface area contributed by atoms with Gasteiger partial charge in [-0.15, -0.1) is 0 Å². The first-order chi connectivity index (χ1) is 12.8. The maximum Gasteiger partial charge on any atom is 0.416 e. The highest BCUT2D eigenvalue weighted by atomic mass is 35.5. The Morgan fingerprint density at radius 2 is 1.78 bits per heavy atom. The Balaban J connectivity index is 1.58. The van der Waals surface area contributed by atoms with Crippen LogP contribution in [-0.4, -0.2) is 5.91 Å². The maximum atomic E-state index is 12.7. The van der Waals surface area contributed by atoms with Crippen LogP contribution in [0.4, 0.5) is 18.9 Å². The molecule has 0 bridgehead atoms. The lowest BCUT2D eigenvalue weighted by Crippen LogP contribution is -2.13. The molecule has 27 heavy (non-hydrogen) atoms. The van der Waals surface area contributed by atoms with Gasteiger partial charge in [0.05, 0.1) is 5.56 Å². The fraction of sp³-hybridized carbons (Fsp3) is 0.150. The summed E-state index contributed by atoms with van der Waals surface area (Å²) in [6.07, 6.45) is -4.03. The number of hydrogen-bond donors (Lipinski definition) is 1. The van der Waals surface area contributed by atoms with Gasteiger partial charge >= 0.3 is 6.18 Å². The average molecular weight is 394 g/mol. The first kappa shape index (κ1) is 19.0. The van der Waals surface area contributed by atoms with Crippen molar-refractivity contribution in [2.24, 2.45) is 0 Å². The van der Waals surface area contributed by atoms with Crippen LogP contribution in [0.15, 0.2) is 65.1 Å². The molecule has 140 valence electrons. The number of carbonyl (C=O) groups excluding carboxylic acids is 1. The number of alkyl halides is 3. The molecule has 0 aliphatic rings. The zero-order valence-electron chi connectivity index (χ0n) is 14.0. The predicted molar refractivity (Wildman–Crippen MR) is 97.5 cm³/mol. The fourth-order valence-electron chi connectivity index (χ4n) is 2.52. The van der Waals surface area contributed by atoms with Crippen LogP contribution in [0, 0.1) is 0 Å². The number of aryl methyl sites for hydroxylation is 1. The third-order valence-electron chi connectivity index (χ3n) is 3.86. The van der Waals surface area contributed by atoms with Crippen LogP contribution in [-0.2, 0) is 17.4 Å². The molecule has 0 unspecified atom stereocenters. The summed E-state index contributed by atoms with van der Waals surface area (Å²) in [6, 6.07) is 15.2. The zero-order chi connectivity index (χ0) is 19.4. The normalized spacial score (nSPS) is 11.4. The molecule has 3 nitrogen and oxygen atoms in total. The summed E-state index contributed by atoms with van der Waals surface area (Å²) >= 11 is 5.85. The third-order valence-corrected chi connectivity index (χ3v) is 4.11. The highest BCUT2D eigenvalue weighted by molar-refractivity contribution is 6.30. The first-order valence-electron chi connectivity index (χ1n) is 8.13. The van der Waals surface area contributed by atoms with Crippen LogP contribution in [0.1, 0.15) is 17.7 Å². The zero-order valence-corrected chi connectivity index (χ0v) is 14.8. The number of amides is 1. The number of hydrogen-bond acceptors (Lipinski definition) is 2. The van der Waals surface area contributed by atoms with Crippen LogP contribution < -0.4 is 5.32 Å². The number of anilines is 1. The second kappa shape index (κ2) is 7.88. The second-order valence-electron chi connectivity index (χ2n) is 5.90. The van der Waals surface area contributed by atoms with Gasteiger partial charge in [-0.3, -0.25) is 4.79 Å². The van der Waals surface area contributed by atoms with Crippen molar-refractivity contribution in [1.29, 1.82) is 0 Å². The summed E-state index contributed by atoms with van der Waals surface area (Å²) < 4.78 is 43.8. The summed E-state index contributed by atoms with van der Waals surface area (Å²) in [5.41, 5.74) is 0.161. The molecule has 1 aromatic heterocycles. The summed E-state index contributed by atoms with van der Waals surface area (Å²) in [5.74, 6) is 0.873. The average Bonchev–Trinajstić information content (AvgIpc) is 3.09. The Labute approximate surface area is 158 Å². The summed E-state index contributed by atoms with van der Waals surface area (Å²) in [7, 11) is 0. The quantitative estimate of drug-likeness (QED) is 0.561.